The van der Waals surface area contributed by atoms with Gasteiger partial charge in [0.25, 0.3) is 0 Å². The number of likely N-dealkylation sites (tertiary alicyclic amines) is 1. The summed E-state index contributed by atoms with van der Waals surface area (Å²) in [6.07, 6.45) is 3.89. The van der Waals surface area contributed by atoms with Crippen molar-refractivity contribution in [1.29, 1.82) is 0 Å². The lowest BCUT2D eigenvalue weighted by Crippen LogP contribution is -2.49. The Morgan fingerprint density at radius 2 is 1.81 bits per heavy atom. The molecule has 0 unspecified atom stereocenters. The molecule has 94 valence electrons. The van der Waals surface area contributed by atoms with E-state index in [2.05, 4.69) is 11.8 Å². The summed E-state index contributed by atoms with van der Waals surface area (Å²) in [5.41, 5.74) is 0. The van der Waals surface area contributed by atoms with Gasteiger partial charge in [0, 0.05) is 12.6 Å². The average Bonchev–Trinajstić information content (AvgIpc) is 2.29. The first-order chi connectivity index (χ1) is 7.63. The maximum absolute atomic E-state index is 11.9. The van der Waals surface area contributed by atoms with Crippen LogP contribution in [0.2, 0.25) is 0 Å². The van der Waals surface area contributed by atoms with Crippen LogP contribution in [0.5, 0.6) is 0 Å². The molecule has 0 spiro atoms. The summed E-state index contributed by atoms with van der Waals surface area (Å²) in [5.74, 6) is 0.362. The Labute approximate surface area is 98.7 Å². The van der Waals surface area contributed by atoms with E-state index in [-0.39, 0.29) is 6.04 Å². The molecule has 2 aliphatic heterocycles. The van der Waals surface area contributed by atoms with Crippen molar-refractivity contribution in [3.05, 3.63) is 0 Å². The summed E-state index contributed by atoms with van der Waals surface area (Å²) in [5, 5.41) is 0. The lowest BCUT2D eigenvalue weighted by molar-refractivity contribution is 0.160. The van der Waals surface area contributed by atoms with Crippen molar-refractivity contribution in [1.82, 2.24) is 9.21 Å². The van der Waals surface area contributed by atoms with Gasteiger partial charge in [0.1, 0.15) is 0 Å². The van der Waals surface area contributed by atoms with Crippen molar-refractivity contribution in [3.8, 4) is 0 Å². The summed E-state index contributed by atoms with van der Waals surface area (Å²) in [7, 11) is -2.93. The van der Waals surface area contributed by atoms with E-state index in [0.717, 1.165) is 51.9 Å². The molecule has 0 radical (unpaired) electrons. The number of rotatable bonds is 2. The van der Waals surface area contributed by atoms with E-state index in [1.165, 1.54) is 0 Å². The van der Waals surface area contributed by atoms with E-state index in [9.17, 15) is 8.42 Å². The van der Waals surface area contributed by atoms with Gasteiger partial charge < -0.3 is 4.90 Å². The van der Waals surface area contributed by atoms with Crippen LogP contribution in [0.1, 0.15) is 32.6 Å². The molecule has 2 rings (SSSR count). The first-order valence-electron chi connectivity index (χ1n) is 6.35. The minimum absolute atomic E-state index is 0.271. The monoisotopic (exact) mass is 246 g/mol. The maximum Gasteiger partial charge on any atom is 0.214 e. The third kappa shape index (κ3) is 2.57. The fourth-order valence-corrected chi connectivity index (χ4v) is 4.62. The highest BCUT2D eigenvalue weighted by molar-refractivity contribution is 7.89. The van der Waals surface area contributed by atoms with Crippen LogP contribution in [0.4, 0.5) is 0 Å². The molecule has 0 aliphatic carbocycles. The van der Waals surface area contributed by atoms with Crippen molar-refractivity contribution >= 4 is 10.0 Å². The largest absolute Gasteiger partial charge is 0.303 e. The molecular weight excluding hydrogens is 224 g/mol. The van der Waals surface area contributed by atoms with Gasteiger partial charge in [-0.25, -0.2) is 8.42 Å². The number of nitrogens with zero attached hydrogens (tertiary/aromatic N) is 2. The van der Waals surface area contributed by atoms with E-state index in [4.69, 9.17) is 0 Å². The Hall–Kier alpha value is -0.130. The van der Waals surface area contributed by atoms with Gasteiger partial charge in [-0.15, -0.1) is 0 Å². The van der Waals surface area contributed by atoms with Gasteiger partial charge in [-0.2, -0.15) is 4.31 Å². The smallest absolute Gasteiger partial charge is 0.214 e. The fraction of sp³-hybridized carbons (Fsp3) is 1.00. The average molecular weight is 246 g/mol. The number of hydrogen-bond acceptors (Lipinski definition) is 3. The van der Waals surface area contributed by atoms with Crippen LogP contribution in [-0.2, 0) is 10.0 Å². The molecular formula is C11H22N2O2S. The second-order valence-electron chi connectivity index (χ2n) is 4.80. The zero-order chi connectivity index (χ0) is 11.6. The lowest BCUT2D eigenvalue weighted by Gasteiger charge is -2.39. The molecule has 2 saturated heterocycles. The molecule has 0 amide bonds. The third-order valence-corrected chi connectivity index (χ3v) is 5.80. The zero-order valence-electron chi connectivity index (χ0n) is 10.1. The zero-order valence-corrected chi connectivity index (χ0v) is 10.9. The molecule has 0 aromatic rings. The van der Waals surface area contributed by atoms with Crippen LogP contribution in [0.25, 0.3) is 0 Å². The molecule has 5 heteroatoms. The van der Waals surface area contributed by atoms with Crippen molar-refractivity contribution in [2.24, 2.45) is 0 Å². The van der Waals surface area contributed by atoms with Crippen LogP contribution in [0.3, 0.4) is 0 Å². The van der Waals surface area contributed by atoms with Crippen molar-refractivity contribution in [2.75, 3.05) is 31.9 Å². The van der Waals surface area contributed by atoms with E-state index < -0.39 is 10.0 Å². The van der Waals surface area contributed by atoms with Crippen molar-refractivity contribution in [3.63, 3.8) is 0 Å². The molecule has 2 fully saturated rings. The highest BCUT2D eigenvalue weighted by atomic mass is 32.2. The molecule has 2 aliphatic rings. The van der Waals surface area contributed by atoms with Gasteiger partial charge in [0.05, 0.1) is 5.75 Å². The second kappa shape index (κ2) is 5.02. The van der Waals surface area contributed by atoms with Gasteiger partial charge in [-0.3, -0.25) is 0 Å². The van der Waals surface area contributed by atoms with Gasteiger partial charge in [0.15, 0.2) is 0 Å². The lowest BCUT2D eigenvalue weighted by atomic mass is 10.0. The van der Waals surface area contributed by atoms with Gasteiger partial charge in [-0.05, 0) is 45.3 Å². The molecule has 16 heavy (non-hydrogen) atoms. The Morgan fingerprint density at radius 1 is 1.12 bits per heavy atom. The van der Waals surface area contributed by atoms with Crippen LogP contribution in [0.15, 0.2) is 0 Å². The summed E-state index contributed by atoms with van der Waals surface area (Å²) in [6.45, 7) is 6.09. The standard InChI is InChI=1S/C11H22N2O2S/c1-2-12-8-5-11(6-9-12)13-7-3-4-10-16(13,14)15/h11H,2-10H2,1H3. The Morgan fingerprint density at radius 3 is 2.38 bits per heavy atom. The minimum Gasteiger partial charge on any atom is -0.303 e. The van der Waals surface area contributed by atoms with E-state index in [0.29, 0.717) is 5.75 Å². The topological polar surface area (TPSA) is 40.6 Å². The van der Waals surface area contributed by atoms with E-state index in [1.807, 2.05) is 0 Å². The number of piperidine rings is 1. The first kappa shape index (κ1) is 12.3. The normalized spacial score (nSPS) is 29.3. The summed E-state index contributed by atoms with van der Waals surface area (Å²) >= 11 is 0. The molecule has 2 heterocycles. The molecule has 0 N–H and O–H groups in total. The minimum atomic E-state index is -2.93. The third-order valence-electron chi connectivity index (χ3n) is 3.80. The van der Waals surface area contributed by atoms with E-state index in [1.54, 1.807) is 4.31 Å². The van der Waals surface area contributed by atoms with E-state index >= 15 is 0 Å². The Balaban J connectivity index is 1.97. The summed E-state index contributed by atoms with van der Waals surface area (Å²) in [6, 6.07) is 0.271. The van der Waals surface area contributed by atoms with Gasteiger partial charge in [0.2, 0.25) is 10.0 Å². The predicted octanol–water partition coefficient (Wildman–Crippen LogP) is 0.896. The molecule has 0 aromatic heterocycles. The first-order valence-corrected chi connectivity index (χ1v) is 7.96. The predicted molar refractivity (Wildman–Crippen MR) is 64.9 cm³/mol. The Bertz CT molecular complexity index is 321. The second-order valence-corrected chi connectivity index (χ2v) is 6.84. The number of sulfonamides is 1. The van der Waals surface area contributed by atoms with Crippen molar-refractivity contribution in [2.45, 2.75) is 38.6 Å². The highest BCUT2D eigenvalue weighted by Gasteiger charge is 2.33. The van der Waals surface area contributed by atoms with Crippen LogP contribution >= 0.6 is 0 Å². The SMILES string of the molecule is CCN1CCC(N2CCCCS2(=O)=O)CC1. The molecule has 0 bridgehead atoms. The van der Waals surface area contributed by atoms with Crippen LogP contribution in [0, 0.1) is 0 Å². The van der Waals surface area contributed by atoms with Gasteiger partial charge >= 0.3 is 0 Å². The quantitative estimate of drug-likeness (QED) is 0.727. The summed E-state index contributed by atoms with van der Waals surface area (Å²) < 4.78 is 25.7. The van der Waals surface area contributed by atoms with Crippen molar-refractivity contribution < 1.29 is 8.42 Å². The Kier molecular flexibility index (Phi) is 3.87. The molecule has 0 aromatic carbocycles. The van der Waals surface area contributed by atoms with Crippen LogP contribution in [-0.4, -0.2) is 55.6 Å². The summed E-state index contributed by atoms with van der Waals surface area (Å²) in [4.78, 5) is 2.40. The number of hydrogen-bond donors (Lipinski definition) is 0. The maximum atomic E-state index is 11.9. The molecule has 0 atom stereocenters. The highest BCUT2D eigenvalue weighted by Crippen LogP contribution is 2.23. The van der Waals surface area contributed by atoms with Crippen LogP contribution < -0.4 is 0 Å². The molecule has 4 nitrogen and oxygen atoms in total. The fourth-order valence-electron chi connectivity index (χ4n) is 2.74. The molecule has 0 saturated carbocycles. The van der Waals surface area contributed by atoms with Gasteiger partial charge in [-0.1, -0.05) is 6.92 Å².